The fraction of sp³-hybridized carbons (Fsp3) is 0.574. The minimum atomic E-state index is -4.59. The zero-order valence-electron chi connectivity index (χ0n) is 67.4. The molecule has 22 heteroatoms. The normalized spacial score (nSPS) is 33.3. The Bertz CT molecular complexity index is 4160. The molecule has 12 unspecified atom stereocenters. The van der Waals surface area contributed by atoms with Crippen LogP contribution in [0.4, 0.5) is 0 Å². The van der Waals surface area contributed by atoms with E-state index in [0.29, 0.717) is 72.4 Å². The van der Waals surface area contributed by atoms with E-state index < -0.39 is 53.5 Å². The second-order valence-corrected chi connectivity index (χ2v) is 44.4. The van der Waals surface area contributed by atoms with E-state index >= 15 is 0 Å². The SMILES string of the molecule is CC1C2CC3CC(C2)CC1(CC(=O)OCOc1ccccc1[S+](c1ccccc1)c1ccccc1OCOC(=O)CC12CC4CC(CC(C4)C1C)C2)C3.CC1C2CC3CC(C2)CC1(CC(=O)OCOc1ccccc1[S+](c1ccccc1)c1ccccc1OCOC(=O)CC12CC4CC(CC(C4)C1C)C2)C3.O=S(=O)([O-])CCS(=O)(=O)[O-]. The molecule has 0 saturated heterocycles. The van der Waals surface area contributed by atoms with Crippen molar-refractivity contribution in [1.82, 2.24) is 0 Å². The Hall–Kier alpha value is -7.08. The van der Waals surface area contributed by atoms with Gasteiger partial charge in [0.05, 0.1) is 57.4 Å². The van der Waals surface area contributed by atoms with Crippen LogP contribution in [0.15, 0.2) is 187 Å². The molecule has 16 saturated carbocycles. The van der Waals surface area contributed by atoms with E-state index in [0.717, 1.165) is 100 Å². The minimum absolute atomic E-state index is 0.0921. The molecule has 0 radical (unpaired) electrons. The van der Waals surface area contributed by atoms with Crippen molar-refractivity contribution in [2.75, 3.05) is 38.7 Å². The number of para-hydroxylation sites is 4. The van der Waals surface area contributed by atoms with Crippen LogP contribution in [0.5, 0.6) is 23.0 Å². The lowest BCUT2D eigenvalue weighted by Crippen LogP contribution is -2.52. The van der Waals surface area contributed by atoms with Crippen LogP contribution in [-0.2, 0) is 80.2 Å². The van der Waals surface area contributed by atoms with E-state index in [2.05, 4.69) is 76.2 Å². The van der Waals surface area contributed by atoms with E-state index in [1.165, 1.54) is 128 Å². The van der Waals surface area contributed by atoms with E-state index in [-0.39, 0.29) is 72.7 Å². The van der Waals surface area contributed by atoms with Crippen molar-refractivity contribution in [3.05, 3.63) is 158 Å². The first-order valence-electron chi connectivity index (χ1n) is 42.7. The molecule has 116 heavy (non-hydrogen) atoms. The molecule has 0 spiro atoms. The first-order chi connectivity index (χ1) is 55.8. The van der Waals surface area contributed by atoms with Crippen LogP contribution < -0.4 is 18.9 Å². The van der Waals surface area contributed by atoms with Gasteiger partial charge >= 0.3 is 23.9 Å². The van der Waals surface area contributed by atoms with Gasteiger partial charge in [0.2, 0.25) is 46.8 Å². The molecule has 16 bridgehead atoms. The molecule has 6 aromatic rings. The molecule has 16 aliphatic rings. The average Bonchev–Trinajstić information content (AvgIpc) is 0.745. The van der Waals surface area contributed by atoms with Gasteiger partial charge in [-0.3, -0.25) is 19.2 Å². The Morgan fingerprint density at radius 1 is 0.310 bits per heavy atom. The number of benzene rings is 6. The summed E-state index contributed by atoms with van der Waals surface area (Å²) in [5, 5.41) is 0. The molecule has 0 amide bonds. The Morgan fingerprint density at radius 3 is 0.716 bits per heavy atom. The molecular formula is C94H114O18S4. The third-order valence-electron chi connectivity index (χ3n) is 30.5. The number of hydrogen-bond acceptors (Lipinski definition) is 18. The van der Waals surface area contributed by atoms with E-state index in [1.807, 2.05) is 109 Å². The van der Waals surface area contributed by atoms with Crippen LogP contribution in [-0.4, -0.2) is 88.5 Å². The predicted molar refractivity (Wildman–Crippen MR) is 438 cm³/mol. The Labute approximate surface area is 691 Å². The molecule has 18 nitrogen and oxygen atoms in total. The molecule has 0 aliphatic heterocycles. The van der Waals surface area contributed by atoms with E-state index in [1.54, 1.807) is 0 Å². The van der Waals surface area contributed by atoms with Crippen LogP contribution >= 0.6 is 0 Å². The first kappa shape index (κ1) is 82.6. The summed E-state index contributed by atoms with van der Waals surface area (Å²) in [6.45, 7) is 9.01. The van der Waals surface area contributed by atoms with Gasteiger partial charge in [-0.2, -0.15) is 0 Å². The zero-order valence-corrected chi connectivity index (χ0v) is 70.7. The van der Waals surface area contributed by atoms with Gasteiger partial charge in [0.15, 0.2) is 32.8 Å². The maximum Gasteiger partial charge on any atom is 0.309 e. The molecule has 22 rings (SSSR count). The van der Waals surface area contributed by atoms with Gasteiger partial charge in [-0.25, -0.2) is 16.8 Å². The number of hydrogen-bond donors (Lipinski definition) is 0. The lowest BCUT2D eigenvalue weighted by atomic mass is 9.45. The molecule has 16 fully saturated rings. The maximum absolute atomic E-state index is 13.4. The van der Waals surface area contributed by atoms with Crippen molar-refractivity contribution < 1.29 is 83.0 Å². The van der Waals surface area contributed by atoms with E-state index in [9.17, 15) is 45.1 Å². The van der Waals surface area contributed by atoms with Crippen LogP contribution in [0.3, 0.4) is 0 Å². The molecule has 0 N–H and O–H groups in total. The van der Waals surface area contributed by atoms with Crippen molar-refractivity contribution in [2.24, 2.45) is 116 Å². The van der Waals surface area contributed by atoms with E-state index in [4.69, 9.17) is 37.9 Å². The molecule has 622 valence electrons. The van der Waals surface area contributed by atoms with Gasteiger partial charge in [-0.05, 0) is 318 Å². The monoisotopic (exact) mass is 1660 g/mol. The lowest BCUT2D eigenvalue weighted by Gasteiger charge is -2.60. The number of ether oxygens (including phenoxy) is 8. The van der Waals surface area contributed by atoms with Gasteiger partial charge < -0.3 is 47.0 Å². The van der Waals surface area contributed by atoms with Crippen molar-refractivity contribution in [3.63, 3.8) is 0 Å². The minimum Gasteiger partial charge on any atom is -0.748 e. The summed E-state index contributed by atoms with van der Waals surface area (Å²) in [4.78, 5) is 59.5. The summed E-state index contributed by atoms with van der Waals surface area (Å²) in [7, 11) is -10.4. The standard InChI is InChI=1S/2C46H55O6S.C2H6O6S2/c2*1-30-36-18-32-16-33(19-36)23-45(30,22-32)26-43(47)51-28-49-39-12-6-8-14-41(39)53(38-10-4-3-5-11-38)42-15-9-7-13-40(42)50-29-52-44(48)27-46-24-34-17-35(25-46)21-37(20-34)31(46)2;3-9(4,5)1-2-10(6,7)8/h2*3-15,30-37H,16-29H2,1-2H3;1-2H2,(H,3,4,5)(H,6,7,8)/q2*+1;/p-2. The molecule has 0 heterocycles. The predicted octanol–water partition coefficient (Wildman–Crippen LogP) is 18.6. The first-order valence-corrected chi connectivity index (χ1v) is 48.3. The van der Waals surface area contributed by atoms with Gasteiger partial charge in [0.25, 0.3) is 0 Å². The van der Waals surface area contributed by atoms with Gasteiger partial charge in [-0.15, -0.1) is 0 Å². The Balaban J connectivity index is 0.000000156. The smallest absolute Gasteiger partial charge is 0.309 e. The highest BCUT2D eigenvalue weighted by Gasteiger charge is 2.60. The highest BCUT2D eigenvalue weighted by molar-refractivity contribution is 7.97. The summed E-state index contributed by atoms with van der Waals surface area (Å²) in [6, 6.07) is 52.7. The van der Waals surface area contributed by atoms with Gasteiger partial charge in [-0.1, -0.05) is 113 Å². The number of rotatable bonds is 29. The number of esters is 4. The highest BCUT2D eigenvalue weighted by Crippen LogP contribution is 2.68. The molecule has 12 atom stereocenters. The third-order valence-corrected chi connectivity index (χ3v) is 36.8. The van der Waals surface area contributed by atoms with Crippen molar-refractivity contribution >= 4 is 65.9 Å². The fourth-order valence-corrected chi connectivity index (χ4v) is 32.2. The summed E-state index contributed by atoms with van der Waals surface area (Å²) < 4.78 is 107. The number of carbonyl (C=O) groups is 4. The molecule has 16 aliphatic carbocycles. The number of carbonyl (C=O) groups excluding carboxylic acids is 4. The third kappa shape index (κ3) is 18.3. The second-order valence-electron chi connectivity index (χ2n) is 37.4. The van der Waals surface area contributed by atoms with Crippen LogP contribution in [0, 0.1) is 116 Å². The van der Waals surface area contributed by atoms with Crippen molar-refractivity contribution in [1.29, 1.82) is 0 Å². The summed E-state index contributed by atoms with van der Waals surface area (Å²) >= 11 is 0. The van der Waals surface area contributed by atoms with Crippen LogP contribution in [0.25, 0.3) is 0 Å². The fourth-order valence-electron chi connectivity index (χ4n) is 26.1. The summed E-state index contributed by atoms with van der Waals surface area (Å²) in [6.07, 6.45) is 27.5. The summed E-state index contributed by atoms with van der Waals surface area (Å²) in [5.74, 6) is 11.4. The van der Waals surface area contributed by atoms with Gasteiger partial charge in [0.1, 0.15) is 21.8 Å². The van der Waals surface area contributed by atoms with Gasteiger partial charge in [0, 0.05) is 0 Å². The quantitative estimate of drug-likeness (QED) is 0.0139. The molecular weight excluding hydrogens is 1550 g/mol. The molecule has 0 aromatic heterocycles. The Kier molecular flexibility index (Phi) is 24.6. The van der Waals surface area contributed by atoms with Crippen LogP contribution in [0.2, 0.25) is 0 Å². The topological polar surface area (TPSA) is 257 Å². The Morgan fingerprint density at radius 2 is 0.509 bits per heavy atom. The largest absolute Gasteiger partial charge is 0.748 e. The van der Waals surface area contributed by atoms with Crippen LogP contribution in [0.1, 0.15) is 182 Å². The zero-order chi connectivity index (χ0) is 80.7. The lowest BCUT2D eigenvalue weighted by molar-refractivity contribution is -0.165. The molecule has 6 aromatic carbocycles. The second kappa shape index (κ2) is 34.6. The average molecular weight is 1660 g/mol. The highest BCUT2D eigenvalue weighted by atomic mass is 32.2. The summed E-state index contributed by atoms with van der Waals surface area (Å²) in [5.41, 5.74) is 0.368. The van der Waals surface area contributed by atoms with Crippen molar-refractivity contribution in [2.45, 2.75) is 211 Å². The maximum atomic E-state index is 13.4. The van der Waals surface area contributed by atoms with Crippen molar-refractivity contribution in [3.8, 4) is 23.0 Å².